The minimum absolute atomic E-state index is 0.00819. The molecule has 0 saturated heterocycles. The molecule has 0 bridgehead atoms. The Balaban J connectivity index is 1.76. The summed E-state index contributed by atoms with van der Waals surface area (Å²) in [7, 11) is 0. The van der Waals surface area contributed by atoms with E-state index in [0.29, 0.717) is 31.5 Å². The van der Waals surface area contributed by atoms with E-state index in [-0.39, 0.29) is 17.5 Å². The molecule has 1 aliphatic rings. The Morgan fingerprint density at radius 1 is 1.35 bits per heavy atom. The summed E-state index contributed by atoms with van der Waals surface area (Å²) in [6.07, 6.45) is 2.98. The molecule has 1 aromatic heterocycles. The standard InChI is InChI=1S/C12H17F2N5O/c13-8-6-9(14)12(19-15)18-11(8)16-5-1-2-10(20)17-7-3-4-7/h6-7H,1-5,15H2,(H,17,20)(H2,16,18,19). The second-order valence-corrected chi connectivity index (χ2v) is 4.67. The lowest BCUT2D eigenvalue weighted by Crippen LogP contribution is -2.25. The summed E-state index contributed by atoms with van der Waals surface area (Å²) in [4.78, 5) is 15.1. The molecule has 1 aromatic rings. The van der Waals surface area contributed by atoms with Gasteiger partial charge < -0.3 is 16.1 Å². The number of pyridine rings is 1. The van der Waals surface area contributed by atoms with E-state index < -0.39 is 11.6 Å². The number of amides is 1. The van der Waals surface area contributed by atoms with Gasteiger partial charge in [0.15, 0.2) is 23.3 Å². The Labute approximate surface area is 115 Å². The van der Waals surface area contributed by atoms with Crippen molar-refractivity contribution >= 4 is 17.5 Å². The molecule has 0 radical (unpaired) electrons. The minimum Gasteiger partial charge on any atom is -0.368 e. The maximum atomic E-state index is 13.4. The van der Waals surface area contributed by atoms with Crippen molar-refractivity contribution in [2.45, 2.75) is 31.7 Å². The van der Waals surface area contributed by atoms with Gasteiger partial charge in [-0.15, -0.1) is 0 Å². The van der Waals surface area contributed by atoms with Gasteiger partial charge in [0.25, 0.3) is 0 Å². The quantitative estimate of drug-likeness (QED) is 0.342. The van der Waals surface area contributed by atoms with Crippen molar-refractivity contribution in [2.24, 2.45) is 5.84 Å². The molecular weight excluding hydrogens is 268 g/mol. The lowest BCUT2D eigenvalue weighted by molar-refractivity contribution is -0.121. The maximum Gasteiger partial charge on any atom is 0.220 e. The zero-order valence-corrected chi connectivity index (χ0v) is 10.9. The van der Waals surface area contributed by atoms with Crippen molar-refractivity contribution < 1.29 is 13.6 Å². The number of aromatic nitrogens is 1. The van der Waals surface area contributed by atoms with Crippen LogP contribution in [0.2, 0.25) is 0 Å². The van der Waals surface area contributed by atoms with E-state index >= 15 is 0 Å². The Hall–Kier alpha value is -1.96. The van der Waals surface area contributed by atoms with E-state index in [4.69, 9.17) is 5.84 Å². The number of nitrogens with two attached hydrogens (primary N) is 1. The summed E-state index contributed by atoms with van der Waals surface area (Å²) in [5, 5.41) is 5.57. The van der Waals surface area contributed by atoms with Gasteiger partial charge >= 0.3 is 0 Å². The monoisotopic (exact) mass is 285 g/mol. The zero-order valence-electron chi connectivity index (χ0n) is 10.9. The van der Waals surface area contributed by atoms with Crippen LogP contribution in [0.1, 0.15) is 25.7 Å². The molecule has 1 aliphatic carbocycles. The Kier molecular flexibility index (Phi) is 4.67. The first kappa shape index (κ1) is 14.4. The fourth-order valence-electron chi connectivity index (χ4n) is 1.68. The smallest absolute Gasteiger partial charge is 0.220 e. The molecule has 0 atom stereocenters. The number of carbonyl (C=O) groups excluding carboxylic acids is 1. The summed E-state index contributed by atoms with van der Waals surface area (Å²) >= 11 is 0. The minimum atomic E-state index is -0.862. The van der Waals surface area contributed by atoms with Crippen LogP contribution < -0.4 is 21.9 Å². The van der Waals surface area contributed by atoms with Crippen LogP contribution in [0, 0.1) is 11.6 Å². The molecule has 6 nitrogen and oxygen atoms in total. The number of halogens is 2. The highest BCUT2D eigenvalue weighted by atomic mass is 19.1. The number of hydrogen-bond acceptors (Lipinski definition) is 5. The number of nitrogen functional groups attached to an aromatic ring is 1. The van der Waals surface area contributed by atoms with Crippen LogP contribution in [0.3, 0.4) is 0 Å². The third kappa shape index (κ3) is 4.02. The Morgan fingerprint density at radius 2 is 2.05 bits per heavy atom. The van der Waals surface area contributed by atoms with E-state index in [9.17, 15) is 13.6 Å². The molecule has 20 heavy (non-hydrogen) atoms. The van der Waals surface area contributed by atoms with Crippen LogP contribution in [0.5, 0.6) is 0 Å². The van der Waals surface area contributed by atoms with Crippen LogP contribution in [0.25, 0.3) is 0 Å². The average molecular weight is 285 g/mol. The number of rotatable bonds is 7. The van der Waals surface area contributed by atoms with Gasteiger partial charge in [-0.05, 0) is 19.3 Å². The molecule has 0 spiro atoms. The van der Waals surface area contributed by atoms with E-state index in [1.165, 1.54) is 0 Å². The molecule has 2 rings (SSSR count). The maximum absolute atomic E-state index is 13.4. The van der Waals surface area contributed by atoms with Gasteiger partial charge in [-0.25, -0.2) is 19.6 Å². The number of nitrogens with one attached hydrogen (secondary N) is 3. The second kappa shape index (κ2) is 6.47. The van der Waals surface area contributed by atoms with Crippen LogP contribution in [0.4, 0.5) is 20.4 Å². The number of hydrogen-bond donors (Lipinski definition) is 4. The molecular formula is C12H17F2N5O. The Bertz CT molecular complexity index is 493. The molecule has 1 heterocycles. The number of anilines is 2. The van der Waals surface area contributed by atoms with Crippen LogP contribution in [-0.2, 0) is 4.79 Å². The summed E-state index contributed by atoms with van der Waals surface area (Å²) in [5.41, 5.74) is 2.04. The molecule has 0 aliphatic heterocycles. The van der Waals surface area contributed by atoms with Gasteiger partial charge in [-0.1, -0.05) is 0 Å². The third-order valence-corrected chi connectivity index (χ3v) is 2.88. The fourth-order valence-corrected chi connectivity index (χ4v) is 1.68. The van der Waals surface area contributed by atoms with Crippen LogP contribution in [0.15, 0.2) is 6.07 Å². The molecule has 0 aromatic carbocycles. The molecule has 8 heteroatoms. The van der Waals surface area contributed by atoms with Crippen molar-refractivity contribution in [1.29, 1.82) is 0 Å². The van der Waals surface area contributed by atoms with Gasteiger partial charge in [0.1, 0.15) is 0 Å². The van der Waals surface area contributed by atoms with Crippen molar-refractivity contribution in [1.82, 2.24) is 10.3 Å². The summed E-state index contributed by atoms with van der Waals surface area (Å²) < 4.78 is 26.5. The first-order valence-corrected chi connectivity index (χ1v) is 6.46. The molecule has 1 fully saturated rings. The summed E-state index contributed by atoms with van der Waals surface area (Å²) in [6.45, 7) is 0.359. The molecule has 0 unspecified atom stereocenters. The first-order chi connectivity index (χ1) is 9.60. The van der Waals surface area contributed by atoms with E-state index in [2.05, 4.69) is 15.6 Å². The summed E-state index contributed by atoms with van der Waals surface area (Å²) in [6, 6.07) is 1.04. The highest BCUT2D eigenvalue weighted by Crippen LogP contribution is 2.19. The number of carbonyl (C=O) groups is 1. The highest BCUT2D eigenvalue weighted by molar-refractivity contribution is 5.76. The van der Waals surface area contributed by atoms with Gasteiger partial charge in [0, 0.05) is 25.1 Å². The van der Waals surface area contributed by atoms with Crippen LogP contribution in [-0.4, -0.2) is 23.5 Å². The van der Waals surface area contributed by atoms with Crippen molar-refractivity contribution in [3.63, 3.8) is 0 Å². The SMILES string of the molecule is NNc1nc(NCCCC(=O)NC2CC2)c(F)cc1F. The van der Waals surface area contributed by atoms with Crippen molar-refractivity contribution in [3.05, 3.63) is 17.7 Å². The molecule has 1 saturated carbocycles. The third-order valence-electron chi connectivity index (χ3n) is 2.88. The normalized spacial score (nSPS) is 13.9. The summed E-state index contributed by atoms with van der Waals surface area (Å²) in [5.74, 6) is 3.06. The van der Waals surface area contributed by atoms with E-state index in [1.807, 2.05) is 5.43 Å². The first-order valence-electron chi connectivity index (χ1n) is 6.46. The highest BCUT2D eigenvalue weighted by Gasteiger charge is 2.22. The van der Waals surface area contributed by atoms with E-state index in [1.54, 1.807) is 0 Å². The molecule has 1 amide bonds. The fraction of sp³-hybridized carbons (Fsp3) is 0.500. The van der Waals surface area contributed by atoms with Gasteiger partial charge in [-0.2, -0.15) is 0 Å². The molecule has 110 valence electrons. The Morgan fingerprint density at radius 3 is 2.70 bits per heavy atom. The lowest BCUT2D eigenvalue weighted by Gasteiger charge is -2.09. The number of nitrogens with zero attached hydrogens (tertiary/aromatic N) is 1. The molecule has 5 N–H and O–H groups in total. The van der Waals surface area contributed by atoms with Crippen molar-refractivity contribution in [3.8, 4) is 0 Å². The predicted molar refractivity (Wildman–Crippen MR) is 70.9 cm³/mol. The largest absolute Gasteiger partial charge is 0.368 e. The zero-order chi connectivity index (χ0) is 14.5. The van der Waals surface area contributed by atoms with E-state index in [0.717, 1.165) is 12.8 Å². The second-order valence-electron chi connectivity index (χ2n) is 4.67. The van der Waals surface area contributed by atoms with Gasteiger partial charge in [0.2, 0.25) is 5.91 Å². The number of hydrazine groups is 1. The lowest BCUT2D eigenvalue weighted by atomic mass is 10.3. The van der Waals surface area contributed by atoms with Gasteiger partial charge in [0.05, 0.1) is 0 Å². The van der Waals surface area contributed by atoms with Crippen molar-refractivity contribution in [2.75, 3.05) is 17.3 Å². The van der Waals surface area contributed by atoms with Gasteiger partial charge in [-0.3, -0.25) is 4.79 Å². The van der Waals surface area contributed by atoms with Crippen LogP contribution >= 0.6 is 0 Å². The predicted octanol–water partition coefficient (Wildman–Crippen LogP) is 1.12. The topological polar surface area (TPSA) is 92.1 Å². The average Bonchev–Trinajstić information content (AvgIpc) is 3.20.